The molecule has 4 rings (SSSR count). The van der Waals surface area contributed by atoms with Gasteiger partial charge in [-0.05, 0) is 66.8 Å². The highest BCUT2D eigenvalue weighted by molar-refractivity contribution is 8.03. The van der Waals surface area contributed by atoms with E-state index in [1.54, 1.807) is 4.91 Å². The van der Waals surface area contributed by atoms with Crippen molar-refractivity contribution in [3.05, 3.63) is 11.0 Å². The first kappa shape index (κ1) is 16.4. The SMILES string of the molecule is O=C(C1C=C(C2CCSCC2)SC1)N1CCCC2CCCCC21. The van der Waals surface area contributed by atoms with E-state index in [0.29, 0.717) is 11.9 Å². The van der Waals surface area contributed by atoms with E-state index in [1.165, 1.54) is 62.9 Å². The topological polar surface area (TPSA) is 20.3 Å². The summed E-state index contributed by atoms with van der Waals surface area (Å²) in [6, 6.07) is 0.568. The van der Waals surface area contributed by atoms with Crippen LogP contribution >= 0.6 is 23.5 Å². The van der Waals surface area contributed by atoms with Crippen molar-refractivity contribution < 1.29 is 4.79 Å². The molecule has 128 valence electrons. The number of hydrogen-bond donors (Lipinski definition) is 0. The molecule has 3 aliphatic heterocycles. The van der Waals surface area contributed by atoms with Crippen molar-refractivity contribution in [3.63, 3.8) is 0 Å². The molecule has 2 saturated heterocycles. The van der Waals surface area contributed by atoms with Crippen molar-refractivity contribution in [2.24, 2.45) is 17.8 Å². The second kappa shape index (κ2) is 7.43. The number of piperidine rings is 1. The lowest BCUT2D eigenvalue weighted by molar-refractivity contribution is -0.139. The number of amides is 1. The summed E-state index contributed by atoms with van der Waals surface area (Å²) in [6.45, 7) is 1.02. The minimum absolute atomic E-state index is 0.172. The van der Waals surface area contributed by atoms with Crippen molar-refractivity contribution >= 4 is 29.4 Å². The highest BCUT2D eigenvalue weighted by atomic mass is 32.2. The van der Waals surface area contributed by atoms with Crippen LogP contribution in [0, 0.1) is 17.8 Å². The third-order valence-corrected chi connectivity index (χ3v) is 8.64. The third kappa shape index (κ3) is 3.49. The lowest BCUT2D eigenvalue weighted by Crippen LogP contribution is -2.51. The van der Waals surface area contributed by atoms with Crippen LogP contribution in [0.2, 0.25) is 0 Å². The molecular formula is C19H29NOS2. The van der Waals surface area contributed by atoms with Crippen LogP contribution < -0.4 is 0 Å². The second-order valence-electron chi connectivity index (χ2n) is 7.66. The molecule has 0 N–H and O–H groups in total. The zero-order valence-corrected chi connectivity index (χ0v) is 15.7. The summed E-state index contributed by atoms with van der Waals surface area (Å²) in [5, 5.41) is 0. The van der Waals surface area contributed by atoms with Gasteiger partial charge in [-0.25, -0.2) is 0 Å². The Bertz CT molecular complexity index is 470. The van der Waals surface area contributed by atoms with Gasteiger partial charge in [0.25, 0.3) is 0 Å². The van der Waals surface area contributed by atoms with Gasteiger partial charge in [0.05, 0.1) is 5.92 Å². The summed E-state index contributed by atoms with van der Waals surface area (Å²) in [6.07, 6.45) is 12.9. The standard InChI is InChI=1S/C19H29NOS2/c21-19(20-9-3-5-14-4-1-2-6-17(14)20)16-12-18(23-13-16)15-7-10-22-11-8-15/h12,14-17H,1-11,13H2. The summed E-state index contributed by atoms with van der Waals surface area (Å²) in [7, 11) is 0. The zero-order valence-electron chi connectivity index (χ0n) is 14.0. The Balaban J connectivity index is 1.43. The Morgan fingerprint density at radius 2 is 1.83 bits per heavy atom. The van der Waals surface area contributed by atoms with Crippen LogP contribution in [0.1, 0.15) is 51.4 Å². The molecule has 23 heavy (non-hydrogen) atoms. The van der Waals surface area contributed by atoms with Gasteiger partial charge in [0.1, 0.15) is 0 Å². The van der Waals surface area contributed by atoms with Gasteiger partial charge >= 0.3 is 0 Å². The number of carbonyl (C=O) groups is 1. The molecule has 0 radical (unpaired) electrons. The highest BCUT2D eigenvalue weighted by Gasteiger charge is 2.39. The Morgan fingerprint density at radius 1 is 1.04 bits per heavy atom. The number of fused-ring (bicyclic) bond motifs is 1. The maximum Gasteiger partial charge on any atom is 0.230 e. The third-order valence-electron chi connectivity index (χ3n) is 6.26. The first-order valence-electron chi connectivity index (χ1n) is 9.55. The number of hydrogen-bond acceptors (Lipinski definition) is 3. The molecule has 0 spiro atoms. The Hall–Kier alpha value is -0.0900. The van der Waals surface area contributed by atoms with Gasteiger partial charge in [0, 0.05) is 18.3 Å². The quantitative estimate of drug-likeness (QED) is 0.727. The van der Waals surface area contributed by atoms with E-state index in [2.05, 4.69) is 22.7 Å². The Kier molecular flexibility index (Phi) is 5.29. The number of allylic oxidation sites excluding steroid dienone is 1. The molecular weight excluding hydrogens is 322 g/mol. The van der Waals surface area contributed by atoms with E-state index in [0.717, 1.165) is 24.1 Å². The summed E-state index contributed by atoms with van der Waals surface area (Å²) in [5.41, 5.74) is 0. The van der Waals surface area contributed by atoms with Crippen LogP contribution in [-0.4, -0.2) is 40.7 Å². The molecule has 0 bridgehead atoms. The molecule has 3 unspecified atom stereocenters. The van der Waals surface area contributed by atoms with Crippen molar-refractivity contribution in [3.8, 4) is 0 Å². The summed E-state index contributed by atoms with van der Waals surface area (Å²) in [5.74, 6) is 5.79. The molecule has 4 heteroatoms. The Morgan fingerprint density at radius 3 is 2.70 bits per heavy atom. The van der Waals surface area contributed by atoms with E-state index in [1.807, 2.05) is 11.8 Å². The van der Waals surface area contributed by atoms with Gasteiger partial charge in [-0.1, -0.05) is 18.9 Å². The monoisotopic (exact) mass is 351 g/mol. The summed E-state index contributed by atoms with van der Waals surface area (Å²) < 4.78 is 0. The number of rotatable bonds is 2. The molecule has 3 fully saturated rings. The van der Waals surface area contributed by atoms with Gasteiger partial charge in [0.15, 0.2) is 0 Å². The molecule has 0 aromatic heterocycles. The fourth-order valence-electron chi connectivity index (χ4n) is 4.97. The Labute approximate surface area is 149 Å². The zero-order chi connectivity index (χ0) is 15.6. The fourth-order valence-corrected chi connectivity index (χ4v) is 7.42. The van der Waals surface area contributed by atoms with Gasteiger partial charge in [-0.15, -0.1) is 11.8 Å². The molecule has 3 heterocycles. The molecule has 1 amide bonds. The number of nitrogens with zero attached hydrogens (tertiary/aromatic N) is 1. The number of thioether (sulfide) groups is 2. The smallest absolute Gasteiger partial charge is 0.230 e. The van der Waals surface area contributed by atoms with Crippen molar-refractivity contribution in [1.82, 2.24) is 4.90 Å². The van der Waals surface area contributed by atoms with E-state index in [-0.39, 0.29) is 5.92 Å². The predicted octanol–water partition coefficient (Wildman–Crippen LogP) is 4.56. The van der Waals surface area contributed by atoms with Crippen LogP contribution in [-0.2, 0) is 4.79 Å². The van der Waals surface area contributed by atoms with Gasteiger partial charge in [-0.3, -0.25) is 4.79 Å². The van der Waals surface area contributed by atoms with Crippen LogP contribution in [0.25, 0.3) is 0 Å². The lowest BCUT2D eigenvalue weighted by Gasteiger charge is -2.44. The maximum absolute atomic E-state index is 13.1. The van der Waals surface area contributed by atoms with Gasteiger partial charge in [-0.2, -0.15) is 11.8 Å². The molecule has 4 aliphatic rings. The summed E-state index contributed by atoms with van der Waals surface area (Å²) >= 11 is 4.07. The molecule has 3 atom stereocenters. The van der Waals surface area contributed by atoms with Crippen LogP contribution in [0.4, 0.5) is 0 Å². The van der Waals surface area contributed by atoms with E-state index >= 15 is 0 Å². The lowest BCUT2D eigenvalue weighted by atomic mass is 9.78. The van der Waals surface area contributed by atoms with E-state index < -0.39 is 0 Å². The first-order valence-corrected chi connectivity index (χ1v) is 11.7. The molecule has 2 nitrogen and oxygen atoms in total. The first-order chi connectivity index (χ1) is 11.3. The van der Waals surface area contributed by atoms with Crippen molar-refractivity contribution in [1.29, 1.82) is 0 Å². The van der Waals surface area contributed by atoms with E-state index in [9.17, 15) is 4.79 Å². The maximum atomic E-state index is 13.1. The highest BCUT2D eigenvalue weighted by Crippen LogP contribution is 2.42. The molecule has 0 aromatic carbocycles. The van der Waals surface area contributed by atoms with Crippen molar-refractivity contribution in [2.45, 2.75) is 57.4 Å². The van der Waals surface area contributed by atoms with E-state index in [4.69, 9.17) is 0 Å². The van der Waals surface area contributed by atoms with Crippen molar-refractivity contribution in [2.75, 3.05) is 23.8 Å². The number of likely N-dealkylation sites (tertiary alicyclic amines) is 1. The normalized spacial score (nSPS) is 35.7. The second-order valence-corrected chi connectivity index (χ2v) is 9.98. The number of carbonyl (C=O) groups excluding carboxylic acids is 1. The van der Waals surface area contributed by atoms with Gasteiger partial charge < -0.3 is 4.90 Å². The molecule has 1 aliphatic carbocycles. The average molecular weight is 352 g/mol. The van der Waals surface area contributed by atoms with Crippen LogP contribution in [0.15, 0.2) is 11.0 Å². The minimum atomic E-state index is 0.172. The fraction of sp³-hybridized carbons (Fsp3) is 0.842. The minimum Gasteiger partial charge on any atom is -0.339 e. The average Bonchev–Trinajstić information content (AvgIpc) is 3.11. The van der Waals surface area contributed by atoms with Crippen LogP contribution in [0.5, 0.6) is 0 Å². The largest absolute Gasteiger partial charge is 0.339 e. The summed E-state index contributed by atoms with van der Waals surface area (Å²) in [4.78, 5) is 17.0. The van der Waals surface area contributed by atoms with Gasteiger partial charge in [0.2, 0.25) is 5.91 Å². The molecule has 1 saturated carbocycles. The molecule has 0 aromatic rings. The predicted molar refractivity (Wildman–Crippen MR) is 101 cm³/mol. The van der Waals surface area contributed by atoms with Crippen LogP contribution in [0.3, 0.4) is 0 Å².